The Morgan fingerprint density at radius 1 is 1.24 bits per heavy atom. The van der Waals surface area contributed by atoms with Crippen LogP contribution >= 0.6 is 0 Å². The first-order valence-corrected chi connectivity index (χ1v) is 5.25. The van der Waals surface area contributed by atoms with Crippen LogP contribution in [0.25, 0.3) is 0 Å². The summed E-state index contributed by atoms with van der Waals surface area (Å²) < 4.78 is 0. The van der Waals surface area contributed by atoms with E-state index in [1.807, 2.05) is 0 Å². The Labute approximate surface area is 97.7 Å². The number of amides is 2. The lowest BCUT2D eigenvalue weighted by molar-refractivity contribution is -0.144. The highest BCUT2D eigenvalue weighted by Crippen LogP contribution is 2.21. The number of carboxylic acid groups (broad SMARTS) is 1. The highest BCUT2D eigenvalue weighted by Gasteiger charge is 2.40. The van der Waals surface area contributed by atoms with E-state index in [4.69, 9.17) is 5.11 Å². The molecule has 0 aliphatic carbocycles. The van der Waals surface area contributed by atoms with Crippen molar-refractivity contribution < 1.29 is 19.5 Å². The van der Waals surface area contributed by atoms with Crippen LogP contribution in [-0.2, 0) is 9.59 Å². The molecule has 2 amide bonds. The van der Waals surface area contributed by atoms with Gasteiger partial charge in [0.2, 0.25) is 5.91 Å². The maximum Gasteiger partial charge on any atom is 0.326 e. The summed E-state index contributed by atoms with van der Waals surface area (Å²) >= 11 is 0. The molecule has 5 heteroatoms. The number of rotatable bonds is 2. The average Bonchev–Trinajstić information content (AvgIpc) is 2.71. The van der Waals surface area contributed by atoms with E-state index in [9.17, 15) is 14.4 Å². The molecule has 0 radical (unpaired) electrons. The van der Waals surface area contributed by atoms with Crippen molar-refractivity contribution in [1.82, 2.24) is 4.90 Å². The van der Waals surface area contributed by atoms with Crippen LogP contribution in [0.15, 0.2) is 30.3 Å². The molecular formula is C12H11NO4. The van der Waals surface area contributed by atoms with Crippen molar-refractivity contribution in [1.29, 1.82) is 0 Å². The van der Waals surface area contributed by atoms with Crippen molar-refractivity contribution >= 4 is 17.8 Å². The zero-order chi connectivity index (χ0) is 12.4. The van der Waals surface area contributed by atoms with Gasteiger partial charge in [0.05, 0.1) is 0 Å². The van der Waals surface area contributed by atoms with Gasteiger partial charge in [0, 0.05) is 12.0 Å². The molecule has 1 aliphatic heterocycles. The molecule has 1 aromatic rings. The second kappa shape index (κ2) is 4.37. The number of likely N-dealkylation sites (tertiary alicyclic amines) is 1. The van der Waals surface area contributed by atoms with E-state index < -0.39 is 23.8 Å². The van der Waals surface area contributed by atoms with Crippen LogP contribution in [0, 0.1) is 0 Å². The van der Waals surface area contributed by atoms with E-state index in [1.54, 1.807) is 30.3 Å². The quantitative estimate of drug-likeness (QED) is 0.770. The van der Waals surface area contributed by atoms with Gasteiger partial charge in [0.15, 0.2) is 0 Å². The molecule has 2 rings (SSSR count). The van der Waals surface area contributed by atoms with Crippen LogP contribution in [0.3, 0.4) is 0 Å². The first kappa shape index (κ1) is 11.3. The van der Waals surface area contributed by atoms with E-state index in [1.165, 1.54) is 0 Å². The Morgan fingerprint density at radius 3 is 2.47 bits per heavy atom. The van der Waals surface area contributed by atoms with Crippen molar-refractivity contribution in [2.45, 2.75) is 18.9 Å². The Kier molecular flexibility index (Phi) is 2.91. The van der Waals surface area contributed by atoms with Gasteiger partial charge in [-0.25, -0.2) is 4.79 Å². The normalized spacial score (nSPS) is 19.4. The molecule has 0 aromatic heterocycles. The van der Waals surface area contributed by atoms with E-state index in [0.29, 0.717) is 5.56 Å². The number of carbonyl (C=O) groups excluding carboxylic acids is 2. The number of carboxylic acids is 1. The molecular weight excluding hydrogens is 222 g/mol. The molecule has 5 nitrogen and oxygen atoms in total. The number of imide groups is 1. The fourth-order valence-corrected chi connectivity index (χ4v) is 1.89. The molecule has 1 N–H and O–H groups in total. The maximum absolute atomic E-state index is 12.0. The number of hydrogen-bond donors (Lipinski definition) is 1. The fourth-order valence-electron chi connectivity index (χ4n) is 1.89. The second-order valence-corrected chi connectivity index (χ2v) is 3.83. The Balaban J connectivity index is 2.29. The predicted molar refractivity (Wildman–Crippen MR) is 58.3 cm³/mol. The fraction of sp³-hybridized carbons (Fsp3) is 0.250. The van der Waals surface area contributed by atoms with Crippen molar-refractivity contribution in [3.8, 4) is 0 Å². The van der Waals surface area contributed by atoms with Crippen molar-refractivity contribution in [3.63, 3.8) is 0 Å². The van der Waals surface area contributed by atoms with Gasteiger partial charge < -0.3 is 5.11 Å². The van der Waals surface area contributed by atoms with Gasteiger partial charge in [-0.2, -0.15) is 0 Å². The van der Waals surface area contributed by atoms with Gasteiger partial charge in [0.25, 0.3) is 5.91 Å². The van der Waals surface area contributed by atoms with Crippen LogP contribution in [0.2, 0.25) is 0 Å². The second-order valence-electron chi connectivity index (χ2n) is 3.83. The predicted octanol–water partition coefficient (Wildman–Crippen LogP) is 0.902. The standard InChI is InChI=1S/C12H11NO4/c14-10-7-6-9(12(16)17)13(10)11(15)8-4-2-1-3-5-8/h1-5,9H,6-7H2,(H,16,17)/t9-/m0/s1. The number of aliphatic carboxylic acids is 1. The molecule has 17 heavy (non-hydrogen) atoms. The third-order valence-corrected chi connectivity index (χ3v) is 2.74. The van der Waals surface area contributed by atoms with Crippen LogP contribution < -0.4 is 0 Å². The summed E-state index contributed by atoms with van der Waals surface area (Å²) in [5.41, 5.74) is 0.328. The molecule has 0 saturated carbocycles. The van der Waals surface area contributed by atoms with Gasteiger partial charge in [0.1, 0.15) is 6.04 Å². The third kappa shape index (κ3) is 2.04. The highest BCUT2D eigenvalue weighted by molar-refractivity contribution is 6.08. The van der Waals surface area contributed by atoms with Gasteiger partial charge >= 0.3 is 5.97 Å². The molecule has 1 aliphatic rings. The largest absolute Gasteiger partial charge is 0.480 e. The number of hydrogen-bond acceptors (Lipinski definition) is 3. The summed E-state index contributed by atoms with van der Waals surface area (Å²) in [6.45, 7) is 0. The summed E-state index contributed by atoms with van der Waals surface area (Å²) in [4.78, 5) is 35.4. The summed E-state index contributed by atoms with van der Waals surface area (Å²) in [6.07, 6.45) is 0.294. The zero-order valence-electron chi connectivity index (χ0n) is 9.00. The summed E-state index contributed by atoms with van der Waals surface area (Å²) in [5, 5.41) is 8.95. The summed E-state index contributed by atoms with van der Waals surface area (Å²) in [7, 11) is 0. The Bertz CT molecular complexity index is 469. The smallest absolute Gasteiger partial charge is 0.326 e. The molecule has 1 saturated heterocycles. The van der Waals surface area contributed by atoms with Crippen molar-refractivity contribution in [2.75, 3.05) is 0 Å². The minimum atomic E-state index is -1.14. The van der Waals surface area contributed by atoms with Gasteiger partial charge in [-0.1, -0.05) is 18.2 Å². The van der Waals surface area contributed by atoms with Crippen LogP contribution in [0.1, 0.15) is 23.2 Å². The molecule has 88 valence electrons. The third-order valence-electron chi connectivity index (χ3n) is 2.74. The SMILES string of the molecule is O=C(O)[C@@H]1CCC(=O)N1C(=O)c1ccccc1. The van der Waals surface area contributed by atoms with E-state index in [2.05, 4.69) is 0 Å². The van der Waals surface area contributed by atoms with Gasteiger partial charge in [-0.05, 0) is 18.6 Å². The van der Waals surface area contributed by atoms with E-state index in [0.717, 1.165) is 4.90 Å². The molecule has 1 atom stereocenters. The molecule has 1 aromatic carbocycles. The van der Waals surface area contributed by atoms with Gasteiger partial charge in [-0.3, -0.25) is 14.5 Å². The molecule has 1 heterocycles. The van der Waals surface area contributed by atoms with Crippen molar-refractivity contribution in [2.24, 2.45) is 0 Å². The van der Waals surface area contributed by atoms with Crippen LogP contribution in [0.4, 0.5) is 0 Å². The minimum Gasteiger partial charge on any atom is -0.480 e. The lowest BCUT2D eigenvalue weighted by atomic mass is 10.1. The average molecular weight is 233 g/mol. The summed E-state index contributed by atoms with van der Waals surface area (Å²) in [5.74, 6) is -2.10. The molecule has 0 bridgehead atoms. The number of nitrogens with zero attached hydrogens (tertiary/aromatic N) is 1. The topological polar surface area (TPSA) is 74.7 Å². The number of benzene rings is 1. The monoisotopic (exact) mass is 233 g/mol. The van der Waals surface area contributed by atoms with Gasteiger partial charge in [-0.15, -0.1) is 0 Å². The zero-order valence-corrected chi connectivity index (χ0v) is 9.00. The molecule has 1 fully saturated rings. The van der Waals surface area contributed by atoms with Crippen LogP contribution in [-0.4, -0.2) is 33.8 Å². The molecule has 0 spiro atoms. The first-order chi connectivity index (χ1) is 8.11. The van der Waals surface area contributed by atoms with E-state index >= 15 is 0 Å². The minimum absolute atomic E-state index is 0.107. The summed E-state index contributed by atoms with van der Waals surface area (Å²) in [6, 6.07) is 7.18. The van der Waals surface area contributed by atoms with Crippen molar-refractivity contribution in [3.05, 3.63) is 35.9 Å². The molecule has 0 unspecified atom stereocenters. The van der Waals surface area contributed by atoms with E-state index in [-0.39, 0.29) is 12.8 Å². The number of carbonyl (C=O) groups is 3. The highest BCUT2D eigenvalue weighted by atomic mass is 16.4. The maximum atomic E-state index is 12.0. The first-order valence-electron chi connectivity index (χ1n) is 5.25. The Hall–Kier alpha value is -2.17. The van der Waals surface area contributed by atoms with Crippen LogP contribution in [0.5, 0.6) is 0 Å². The lowest BCUT2D eigenvalue weighted by Crippen LogP contribution is -2.42. The lowest BCUT2D eigenvalue weighted by Gasteiger charge is -2.19. The Morgan fingerprint density at radius 2 is 1.88 bits per heavy atom.